The van der Waals surface area contributed by atoms with E-state index in [-0.39, 0.29) is 0 Å². The first-order chi connectivity index (χ1) is 6.81. The van der Waals surface area contributed by atoms with Crippen LogP contribution in [-0.2, 0) is 6.42 Å². The second-order valence-corrected chi connectivity index (χ2v) is 4.15. The van der Waals surface area contributed by atoms with Gasteiger partial charge in [0.1, 0.15) is 0 Å². The molecule has 14 heavy (non-hydrogen) atoms. The molecule has 0 bridgehead atoms. The van der Waals surface area contributed by atoms with Crippen molar-refractivity contribution in [2.24, 2.45) is 5.73 Å². The number of nitrogens with zero attached hydrogens (tertiary/aromatic N) is 1. The molecule has 1 aliphatic carbocycles. The van der Waals surface area contributed by atoms with Crippen LogP contribution in [0.15, 0.2) is 24.3 Å². The Balaban J connectivity index is 1.92. The van der Waals surface area contributed by atoms with Gasteiger partial charge < -0.3 is 10.6 Å². The molecule has 1 atom stereocenters. The fourth-order valence-electron chi connectivity index (χ4n) is 2.21. The molecule has 0 radical (unpaired) electrons. The second-order valence-electron chi connectivity index (χ2n) is 4.15. The van der Waals surface area contributed by atoms with Crippen molar-refractivity contribution in [1.82, 2.24) is 4.90 Å². The van der Waals surface area contributed by atoms with E-state index in [2.05, 4.69) is 36.2 Å². The average molecular weight is 190 g/mol. The second kappa shape index (κ2) is 4.11. The summed E-state index contributed by atoms with van der Waals surface area (Å²) in [5.41, 5.74) is 8.58. The monoisotopic (exact) mass is 190 g/mol. The van der Waals surface area contributed by atoms with Crippen LogP contribution in [0.5, 0.6) is 0 Å². The molecule has 2 nitrogen and oxygen atoms in total. The highest BCUT2D eigenvalue weighted by Crippen LogP contribution is 2.34. The maximum absolute atomic E-state index is 5.52. The summed E-state index contributed by atoms with van der Waals surface area (Å²) in [6.45, 7) is 2.90. The predicted octanol–water partition coefficient (Wildman–Crippen LogP) is 1.22. The van der Waals surface area contributed by atoms with Gasteiger partial charge in [-0.15, -0.1) is 0 Å². The van der Waals surface area contributed by atoms with Crippen LogP contribution >= 0.6 is 0 Å². The van der Waals surface area contributed by atoms with Gasteiger partial charge in [-0.3, -0.25) is 0 Å². The Morgan fingerprint density at radius 3 is 2.93 bits per heavy atom. The van der Waals surface area contributed by atoms with Gasteiger partial charge in [0, 0.05) is 25.6 Å². The number of hydrogen-bond donors (Lipinski definition) is 1. The van der Waals surface area contributed by atoms with Crippen molar-refractivity contribution in [2.75, 3.05) is 26.7 Å². The number of nitrogens with two attached hydrogens (primary N) is 1. The highest BCUT2D eigenvalue weighted by Gasteiger charge is 2.25. The molecular formula is C12H18N2. The molecule has 0 saturated carbocycles. The van der Waals surface area contributed by atoms with E-state index in [4.69, 9.17) is 5.73 Å². The van der Waals surface area contributed by atoms with E-state index in [0.717, 1.165) is 25.6 Å². The van der Waals surface area contributed by atoms with E-state index in [1.165, 1.54) is 17.5 Å². The molecule has 0 aromatic heterocycles. The summed E-state index contributed by atoms with van der Waals surface area (Å²) in [6.07, 6.45) is 1.24. The van der Waals surface area contributed by atoms with Crippen LogP contribution in [-0.4, -0.2) is 31.6 Å². The minimum Gasteiger partial charge on any atom is -0.329 e. The van der Waals surface area contributed by atoms with Crippen LogP contribution in [0.1, 0.15) is 17.0 Å². The van der Waals surface area contributed by atoms with Crippen molar-refractivity contribution in [1.29, 1.82) is 0 Å². The number of rotatable bonds is 4. The van der Waals surface area contributed by atoms with Crippen molar-refractivity contribution in [3.63, 3.8) is 0 Å². The third-order valence-corrected chi connectivity index (χ3v) is 3.00. The first-order valence-corrected chi connectivity index (χ1v) is 5.27. The molecule has 0 fully saturated rings. The molecule has 2 rings (SSSR count). The lowest BCUT2D eigenvalue weighted by Crippen LogP contribution is -2.33. The van der Waals surface area contributed by atoms with Gasteiger partial charge in [-0.25, -0.2) is 0 Å². The zero-order valence-corrected chi connectivity index (χ0v) is 8.74. The van der Waals surface area contributed by atoms with Gasteiger partial charge in [-0.1, -0.05) is 24.3 Å². The molecule has 1 aromatic carbocycles. The number of likely N-dealkylation sites (N-methyl/N-ethyl adjacent to an activating group) is 1. The lowest BCUT2D eigenvalue weighted by atomic mass is 9.77. The lowest BCUT2D eigenvalue weighted by Gasteiger charge is -2.33. The normalized spacial score (nSPS) is 19.2. The van der Waals surface area contributed by atoms with Crippen molar-refractivity contribution >= 4 is 0 Å². The zero-order valence-electron chi connectivity index (χ0n) is 8.74. The van der Waals surface area contributed by atoms with Crippen LogP contribution in [0.3, 0.4) is 0 Å². The third-order valence-electron chi connectivity index (χ3n) is 3.00. The number of fused-ring (bicyclic) bond motifs is 1. The molecular weight excluding hydrogens is 172 g/mol. The summed E-state index contributed by atoms with van der Waals surface area (Å²) in [4.78, 5) is 2.32. The Kier molecular flexibility index (Phi) is 2.85. The smallest absolute Gasteiger partial charge is 0.0102 e. The average Bonchev–Trinajstić information content (AvgIpc) is 2.15. The standard InChI is InChI=1S/C12H18N2/c1-14(7-6-13)9-11-8-10-4-2-3-5-12(10)11/h2-5,11H,6-9,13H2,1H3. The fraction of sp³-hybridized carbons (Fsp3) is 0.500. The van der Waals surface area contributed by atoms with E-state index in [1.54, 1.807) is 0 Å². The SMILES string of the molecule is CN(CCN)CC1Cc2ccccc21. The molecule has 1 aromatic rings. The summed E-state index contributed by atoms with van der Waals surface area (Å²) >= 11 is 0. The van der Waals surface area contributed by atoms with Gasteiger partial charge in [-0.05, 0) is 24.6 Å². The molecule has 1 aliphatic rings. The molecule has 1 unspecified atom stereocenters. The largest absolute Gasteiger partial charge is 0.329 e. The Bertz CT molecular complexity index is 309. The third kappa shape index (κ3) is 1.81. The topological polar surface area (TPSA) is 29.3 Å². The number of hydrogen-bond acceptors (Lipinski definition) is 2. The van der Waals surface area contributed by atoms with Crippen LogP contribution in [0.4, 0.5) is 0 Å². The van der Waals surface area contributed by atoms with Crippen LogP contribution < -0.4 is 5.73 Å². The molecule has 76 valence electrons. The molecule has 2 heteroatoms. The van der Waals surface area contributed by atoms with Crippen LogP contribution in [0.25, 0.3) is 0 Å². The Morgan fingerprint density at radius 2 is 2.21 bits per heavy atom. The van der Waals surface area contributed by atoms with Gasteiger partial charge in [0.2, 0.25) is 0 Å². The number of benzene rings is 1. The van der Waals surface area contributed by atoms with E-state index in [0.29, 0.717) is 0 Å². The Morgan fingerprint density at radius 1 is 1.43 bits per heavy atom. The summed E-state index contributed by atoms with van der Waals surface area (Å²) in [7, 11) is 2.15. The van der Waals surface area contributed by atoms with E-state index in [9.17, 15) is 0 Å². The van der Waals surface area contributed by atoms with Crippen LogP contribution in [0, 0.1) is 0 Å². The van der Waals surface area contributed by atoms with Crippen LogP contribution in [0.2, 0.25) is 0 Å². The van der Waals surface area contributed by atoms with E-state index < -0.39 is 0 Å². The summed E-state index contributed by atoms with van der Waals surface area (Å²) < 4.78 is 0. The fourth-order valence-corrected chi connectivity index (χ4v) is 2.21. The molecule has 0 spiro atoms. The summed E-state index contributed by atoms with van der Waals surface area (Å²) in [5.74, 6) is 0.739. The Labute approximate surface area is 85.7 Å². The highest BCUT2D eigenvalue weighted by atomic mass is 15.1. The predicted molar refractivity (Wildman–Crippen MR) is 59.4 cm³/mol. The minimum atomic E-state index is 0.739. The van der Waals surface area contributed by atoms with Gasteiger partial charge in [0.05, 0.1) is 0 Å². The van der Waals surface area contributed by atoms with E-state index >= 15 is 0 Å². The first-order valence-electron chi connectivity index (χ1n) is 5.27. The van der Waals surface area contributed by atoms with Gasteiger partial charge in [0.15, 0.2) is 0 Å². The maximum Gasteiger partial charge on any atom is 0.0102 e. The van der Waals surface area contributed by atoms with Crippen molar-refractivity contribution < 1.29 is 0 Å². The van der Waals surface area contributed by atoms with Gasteiger partial charge >= 0.3 is 0 Å². The molecule has 0 saturated heterocycles. The minimum absolute atomic E-state index is 0.739. The van der Waals surface area contributed by atoms with Crippen molar-refractivity contribution in [3.05, 3.63) is 35.4 Å². The molecule has 0 aliphatic heterocycles. The first kappa shape index (κ1) is 9.69. The summed E-state index contributed by atoms with van der Waals surface area (Å²) in [6, 6.07) is 8.74. The highest BCUT2D eigenvalue weighted by molar-refractivity contribution is 5.40. The molecule has 0 heterocycles. The Hall–Kier alpha value is -0.860. The van der Waals surface area contributed by atoms with Crippen molar-refractivity contribution in [2.45, 2.75) is 12.3 Å². The summed E-state index contributed by atoms with van der Waals surface area (Å²) in [5, 5.41) is 0. The molecule has 2 N–H and O–H groups in total. The zero-order chi connectivity index (χ0) is 9.97. The van der Waals surface area contributed by atoms with Gasteiger partial charge in [-0.2, -0.15) is 0 Å². The quantitative estimate of drug-likeness (QED) is 0.773. The lowest BCUT2D eigenvalue weighted by molar-refractivity contribution is 0.306. The molecule has 0 amide bonds. The van der Waals surface area contributed by atoms with E-state index in [1.807, 2.05) is 0 Å². The van der Waals surface area contributed by atoms with Crippen molar-refractivity contribution in [3.8, 4) is 0 Å². The van der Waals surface area contributed by atoms with Gasteiger partial charge in [0.25, 0.3) is 0 Å². The maximum atomic E-state index is 5.52.